The Morgan fingerprint density at radius 2 is 2.06 bits per heavy atom. The van der Waals surface area contributed by atoms with Gasteiger partial charge in [0.25, 0.3) is 0 Å². The minimum absolute atomic E-state index is 0.0306. The van der Waals surface area contributed by atoms with E-state index in [1.165, 1.54) is 0 Å². The van der Waals surface area contributed by atoms with Crippen molar-refractivity contribution in [3.63, 3.8) is 0 Å². The zero-order chi connectivity index (χ0) is 22.1. The smallest absolute Gasteiger partial charge is 0.225 e. The number of anilines is 1. The Kier molecular flexibility index (Phi) is 8.12. The van der Waals surface area contributed by atoms with E-state index in [2.05, 4.69) is 27.0 Å². The third-order valence-electron chi connectivity index (χ3n) is 4.96. The first kappa shape index (κ1) is 22.4. The van der Waals surface area contributed by atoms with E-state index in [9.17, 15) is 4.79 Å². The summed E-state index contributed by atoms with van der Waals surface area (Å²) in [4.78, 5) is 16.7. The molecule has 2 aromatic rings. The van der Waals surface area contributed by atoms with Crippen molar-refractivity contribution >= 4 is 17.6 Å². The molecule has 0 saturated heterocycles. The van der Waals surface area contributed by atoms with Crippen LogP contribution in [0.3, 0.4) is 0 Å². The Morgan fingerprint density at radius 3 is 2.84 bits per heavy atom. The highest BCUT2D eigenvalue weighted by Crippen LogP contribution is 2.31. The summed E-state index contributed by atoms with van der Waals surface area (Å²) in [5, 5.41) is 18.5. The Balaban J connectivity index is 1.66. The maximum absolute atomic E-state index is 12.1. The fraction of sp³-hybridized carbons (Fsp3) is 0.391. The number of aliphatic imine (C=N–C) groups is 1. The molecule has 0 fully saturated rings. The van der Waals surface area contributed by atoms with Crippen LogP contribution in [-0.2, 0) is 11.3 Å². The number of para-hydroxylation sites is 1. The topological polar surface area (TPSA) is 104 Å². The second kappa shape index (κ2) is 11.2. The third-order valence-corrected chi connectivity index (χ3v) is 4.96. The summed E-state index contributed by atoms with van der Waals surface area (Å²) < 4.78 is 10.9. The van der Waals surface area contributed by atoms with Crippen LogP contribution in [0.1, 0.15) is 30.4 Å². The van der Waals surface area contributed by atoms with Gasteiger partial charge in [0.05, 0.1) is 20.3 Å². The number of carbonyl (C=O) groups is 1. The lowest BCUT2D eigenvalue weighted by atomic mass is 9.90. The van der Waals surface area contributed by atoms with Crippen LogP contribution in [0.2, 0.25) is 0 Å². The summed E-state index contributed by atoms with van der Waals surface area (Å²) in [5.74, 6) is 1.98. The molecular weight excluding hydrogens is 396 g/mol. The van der Waals surface area contributed by atoms with Crippen LogP contribution in [0.15, 0.2) is 47.5 Å². The molecule has 8 heteroatoms. The molecule has 0 saturated carbocycles. The molecule has 3 rings (SSSR count). The number of aliphatic hydroxyl groups is 1. The van der Waals surface area contributed by atoms with Gasteiger partial charge in [-0.2, -0.15) is 0 Å². The number of carbonyl (C=O) groups excluding carboxylic acids is 1. The molecule has 1 unspecified atom stereocenters. The van der Waals surface area contributed by atoms with Crippen LogP contribution in [0.5, 0.6) is 11.5 Å². The average Bonchev–Trinajstić information content (AvgIpc) is 2.79. The standard InChI is InChI=1S/C23H30N4O4/c1-3-24-23(25-14-16-8-9-20(31-11-10-28)21(12-16)30-2)26-15-17-13-22(29)27-19-7-5-4-6-18(17)19/h4-9,12,17,28H,3,10-11,13-15H2,1-2H3,(H,27,29)(H2,24,25,26). The summed E-state index contributed by atoms with van der Waals surface area (Å²) in [7, 11) is 1.58. The lowest BCUT2D eigenvalue weighted by Gasteiger charge is -2.26. The number of ether oxygens (including phenoxy) is 2. The van der Waals surface area contributed by atoms with Gasteiger partial charge in [0.1, 0.15) is 6.61 Å². The summed E-state index contributed by atoms with van der Waals surface area (Å²) in [6.45, 7) is 3.95. The number of fused-ring (bicyclic) bond motifs is 1. The number of hydrogen-bond acceptors (Lipinski definition) is 5. The van der Waals surface area contributed by atoms with Crippen molar-refractivity contribution in [2.45, 2.75) is 25.8 Å². The van der Waals surface area contributed by atoms with Gasteiger partial charge in [-0.15, -0.1) is 0 Å². The Hall–Kier alpha value is -3.26. The minimum atomic E-state index is -0.0555. The van der Waals surface area contributed by atoms with E-state index in [0.717, 1.165) is 23.4 Å². The van der Waals surface area contributed by atoms with Crippen molar-refractivity contribution in [1.82, 2.24) is 10.6 Å². The molecule has 0 aliphatic carbocycles. The van der Waals surface area contributed by atoms with E-state index in [1.54, 1.807) is 7.11 Å². The fourth-order valence-electron chi connectivity index (χ4n) is 3.50. The molecule has 31 heavy (non-hydrogen) atoms. The van der Waals surface area contributed by atoms with Crippen LogP contribution < -0.4 is 25.4 Å². The number of benzene rings is 2. The monoisotopic (exact) mass is 426 g/mol. The maximum Gasteiger partial charge on any atom is 0.225 e. The summed E-state index contributed by atoms with van der Waals surface area (Å²) >= 11 is 0. The Labute approximate surface area is 182 Å². The van der Waals surface area contributed by atoms with Crippen LogP contribution in [0.4, 0.5) is 5.69 Å². The molecule has 0 spiro atoms. The van der Waals surface area contributed by atoms with Gasteiger partial charge in [-0.25, -0.2) is 4.99 Å². The first-order valence-corrected chi connectivity index (χ1v) is 10.5. The summed E-state index contributed by atoms with van der Waals surface area (Å²) in [6, 6.07) is 13.5. The maximum atomic E-state index is 12.1. The molecule has 4 N–H and O–H groups in total. The van der Waals surface area contributed by atoms with Gasteiger partial charge in [-0.3, -0.25) is 4.79 Å². The first-order chi connectivity index (χ1) is 15.1. The zero-order valence-electron chi connectivity index (χ0n) is 18.0. The van der Waals surface area contributed by atoms with Crippen LogP contribution in [0, 0.1) is 0 Å². The molecule has 1 amide bonds. The number of methoxy groups -OCH3 is 1. The molecule has 8 nitrogen and oxygen atoms in total. The predicted octanol–water partition coefficient (Wildman–Crippen LogP) is 2.25. The van der Waals surface area contributed by atoms with Crippen molar-refractivity contribution < 1.29 is 19.4 Å². The molecule has 0 radical (unpaired) electrons. The SMILES string of the molecule is CCNC(=NCc1ccc(OCCO)c(OC)c1)NCC1CC(=O)Nc2ccccc21. The van der Waals surface area contributed by atoms with Gasteiger partial charge in [-0.1, -0.05) is 24.3 Å². The van der Waals surface area contributed by atoms with Crippen molar-refractivity contribution in [3.8, 4) is 11.5 Å². The number of amides is 1. The second-order valence-corrected chi connectivity index (χ2v) is 7.17. The summed E-state index contributed by atoms with van der Waals surface area (Å²) in [5.41, 5.74) is 2.98. The van der Waals surface area contributed by atoms with Gasteiger partial charge >= 0.3 is 0 Å². The lowest BCUT2D eigenvalue weighted by Crippen LogP contribution is -2.40. The average molecular weight is 427 g/mol. The van der Waals surface area contributed by atoms with Crippen LogP contribution >= 0.6 is 0 Å². The highest BCUT2D eigenvalue weighted by atomic mass is 16.5. The molecule has 1 atom stereocenters. The highest BCUT2D eigenvalue weighted by molar-refractivity contribution is 5.94. The molecule has 1 aliphatic heterocycles. The molecule has 0 aromatic heterocycles. The molecule has 0 bridgehead atoms. The quantitative estimate of drug-likeness (QED) is 0.362. The predicted molar refractivity (Wildman–Crippen MR) is 121 cm³/mol. The Morgan fingerprint density at radius 1 is 1.23 bits per heavy atom. The van der Waals surface area contributed by atoms with Crippen molar-refractivity contribution in [1.29, 1.82) is 0 Å². The molecular formula is C23H30N4O4. The van der Waals surface area contributed by atoms with E-state index in [1.807, 2.05) is 43.3 Å². The number of nitrogens with one attached hydrogen (secondary N) is 3. The molecule has 2 aromatic carbocycles. The first-order valence-electron chi connectivity index (χ1n) is 10.5. The second-order valence-electron chi connectivity index (χ2n) is 7.17. The highest BCUT2D eigenvalue weighted by Gasteiger charge is 2.24. The van der Waals surface area contributed by atoms with Crippen LogP contribution in [-0.4, -0.2) is 50.4 Å². The number of rotatable bonds is 9. The minimum Gasteiger partial charge on any atom is -0.493 e. The number of hydrogen-bond donors (Lipinski definition) is 4. The number of aliphatic hydroxyl groups excluding tert-OH is 1. The largest absolute Gasteiger partial charge is 0.493 e. The normalized spacial score (nSPS) is 15.6. The van der Waals surface area contributed by atoms with Crippen molar-refractivity contribution in [2.75, 3.05) is 38.7 Å². The molecule has 166 valence electrons. The van der Waals surface area contributed by atoms with Crippen LogP contribution in [0.25, 0.3) is 0 Å². The van der Waals surface area contributed by atoms with Gasteiger partial charge in [-0.05, 0) is 36.2 Å². The van der Waals surface area contributed by atoms with Crippen molar-refractivity contribution in [3.05, 3.63) is 53.6 Å². The van der Waals surface area contributed by atoms with Crippen molar-refractivity contribution in [2.24, 2.45) is 4.99 Å². The van der Waals surface area contributed by atoms with E-state index < -0.39 is 0 Å². The van der Waals surface area contributed by atoms with E-state index in [4.69, 9.17) is 14.6 Å². The number of nitrogens with zero attached hydrogens (tertiary/aromatic N) is 1. The summed E-state index contributed by atoms with van der Waals surface area (Å²) in [6.07, 6.45) is 0.440. The van der Waals surface area contributed by atoms with Gasteiger partial charge in [0.15, 0.2) is 17.5 Å². The molecule has 1 heterocycles. The lowest BCUT2D eigenvalue weighted by molar-refractivity contribution is -0.116. The van der Waals surface area contributed by atoms with Gasteiger partial charge in [0, 0.05) is 31.1 Å². The van der Waals surface area contributed by atoms with Gasteiger partial charge in [0.2, 0.25) is 5.91 Å². The Bertz CT molecular complexity index is 916. The molecule has 1 aliphatic rings. The zero-order valence-corrected chi connectivity index (χ0v) is 18.0. The van der Waals surface area contributed by atoms with E-state index in [-0.39, 0.29) is 25.0 Å². The third kappa shape index (κ3) is 6.11. The number of guanidine groups is 1. The fourth-order valence-corrected chi connectivity index (χ4v) is 3.50. The van der Waals surface area contributed by atoms with Gasteiger partial charge < -0.3 is 30.5 Å². The van der Waals surface area contributed by atoms with E-state index in [0.29, 0.717) is 37.0 Å². The van der Waals surface area contributed by atoms with E-state index >= 15 is 0 Å².